The molecular formula is C8H8F9I. The van der Waals surface area contributed by atoms with E-state index in [1.165, 1.54) is 22.6 Å². The van der Waals surface area contributed by atoms with Crippen LogP contribution in [0.15, 0.2) is 0 Å². The number of alkyl halides is 10. The lowest BCUT2D eigenvalue weighted by molar-refractivity contribution is -0.402. The highest BCUT2D eigenvalue weighted by molar-refractivity contribution is 14.1. The van der Waals surface area contributed by atoms with Crippen molar-refractivity contribution < 1.29 is 39.5 Å². The van der Waals surface area contributed by atoms with Crippen molar-refractivity contribution >= 4 is 22.6 Å². The van der Waals surface area contributed by atoms with Gasteiger partial charge < -0.3 is 0 Å². The molecule has 0 spiro atoms. The molecule has 0 saturated carbocycles. The molecule has 1 atom stereocenters. The highest BCUT2D eigenvalue weighted by atomic mass is 127. The molecule has 0 bridgehead atoms. The highest BCUT2D eigenvalue weighted by Crippen LogP contribution is 2.55. The van der Waals surface area contributed by atoms with E-state index in [0.29, 0.717) is 0 Å². The zero-order chi connectivity index (χ0) is 15.0. The van der Waals surface area contributed by atoms with Crippen molar-refractivity contribution in [3.8, 4) is 0 Å². The van der Waals surface area contributed by atoms with E-state index in [-0.39, 0.29) is 0 Å². The lowest BCUT2D eigenvalue weighted by Crippen LogP contribution is -2.63. The molecule has 10 heteroatoms. The standard InChI is InChI=1S/C8H8F9I/c1-2-4(3-18)5(9,10)6(11,12)7(13,14)8(15,16)17/h4H,2-3H2,1H3. The van der Waals surface area contributed by atoms with Crippen LogP contribution in [0.1, 0.15) is 13.3 Å². The maximum absolute atomic E-state index is 13.2. The molecule has 0 aromatic rings. The van der Waals surface area contributed by atoms with Crippen molar-refractivity contribution in [1.29, 1.82) is 0 Å². The summed E-state index contributed by atoms with van der Waals surface area (Å²) in [7, 11) is 0. The topological polar surface area (TPSA) is 0 Å². The Morgan fingerprint density at radius 2 is 1.22 bits per heavy atom. The molecule has 0 aliphatic rings. The minimum atomic E-state index is -6.79. The number of hydrogen-bond acceptors (Lipinski definition) is 0. The van der Waals surface area contributed by atoms with Gasteiger partial charge in [0.15, 0.2) is 0 Å². The van der Waals surface area contributed by atoms with E-state index < -0.39 is 40.7 Å². The highest BCUT2D eigenvalue weighted by Gasteiger charge is 2.82. The summed E-state index contributed by atoms with van der Waals surface area (Å²) in [6, 6.07) is 0. The van der Waals surface area contributed by atoms with Crippen molar-refractivity contribution in [3.05, 3.63) is 0 Å². The van der Waals surface area contributed by atoms with Crippen LogP contribution in [-0.2, 0) is 0 Å². The molecule has 0 aromatic carbocycles. The van der Waals surface area contributed by atoms with E-state index in [2.05, 4.69) is 0 Å². The monoisotopic (exact) mass is 402 g/mol. The lowest BCUT2D eigenvalue weighted by atomic mass is 9.91. The lowest BCUT2D eigenvalue weighted by Gasteiger charge is -2.36. The number of rotatable bonds is 5. The average molecular weight is 402 g/mol. The maximum atomic E-state index is 13.2. The molecule has 110 valence electrons. The quantitative estimate of drug-likeness (QED) is 0.348. The molecular weight excluding hydrogens is 394 g/mol. The fourth-order valence-electron chi connectivity index (χ4n) is 1.11. The molecule has 0 fully saturated rings. The molecule has 0 heterocycles. The largest absolute Gasteiger partial charge is 0.460 e. The minimum absolute atomic E-state index is 0.653. The zero-order valence-electron chi connectivity index (χ0n) is 8.77. The van der Waals surface area contributed by atoms with Crippen molar-refractivity contribution in [1.82, 2.24) is 0 Å². The van der Waals surface area contributed by atoms with E-state index in [1.807, 2.05) is 0 Å². The molecule has 0 N–H and O–H groups in total. The van der Waals surface area contributed by atoms with Gasteiger partial charge in [0.25, 0.3) is 0 Å². The predicted molar refractivity (Wildman–Crippen MR) is 53.6 cm³/mol. The smallest absolute Gasteiger partial charge is 0.199 e. The van der Waals surface area contributed by atoms with Crippen molar-refractivity contribution in [2.75, 3.05) is 4.43 Å². The number of hydrogen-bond donors (Lipinski definition) is 0. The van der Waals surface area contributed by atoms with Crippen LogP contribution in [0, 0.1) is 5.92 Å². The summed E-state index contributed by atoms with van der Waals surface area (Å²) in [5.41, 5.74) is 0. The van der Waals surface area contributed by atoms with Gasteiger partial charge in [-0.3, -0.25) is 0 Å². The Balaban J connectivity index is 5.63. The van der Waals surface area contributed by atoms with Gasteiger partial charge >= 0.3 is 23.9 Å². The summed E-state index contributed by atoms with van der Waals surface area (Å²) in [4.78, 5) is 0. The van der Waals surface area contributed by atoms with Gasteiger partial charge in [0.05, 0.1) is 0 Å². The van der Waals surface area contributed by atoms with E-state index in [1.54, 1.807) is 0 Å². The van der Waals surface area contributed by atoms with E-state index in [0.717, 1.165) is 6.92 Å². The third-order valence-electron chi connectivity index (χ3n) is 2.36. The maximum Gasteiger partial charge on any atom is 0.460 e. The molecule has 0 saturated heterocycles. The van der Waals surface area contributed by atoms with Crippen LogP contribution in [0.25, 0.3) is 0 Å². The predicted octanol–water partition coefficient (Wildman–Crippen LogP) is 4.92. The summed E-state index contributed by atoms with van der Waals surface area (Å²) in [5, 5.41) is 0. The first-order chi connectivity index (χ1) is 7.77. The molecule has 0 aliphatic heterocycles. The Morgan fingerprint density at radius 1 is 0.833 bits per heavy atom. The summed E-state index contributed by atoms with van der Waals surface area (Å²) in [6.07, 6.45) is -7.40. The second-order valence-electron chi connectivity index (χ2n) is 3.53. The van der Waals surface area contributed by atoms with Gasteiger partial charge in [-0.1, -0.05) is 29.5 Å². The van der Waals surface area contributed by atoms with Crippen LogP contribution in [0.2, 0.25) is 0 Å². The fourth-order valence-corrected chi connectivity index (χ4v) is 2.28. The first-order valence-electron chi connectivity index (χ1n) is 4.53. The summed E-state index contributed by atoms with van der Waals surface area (Å²) < 4.78 is 112. The van der Waals surface area contributed by atoms with Crippen LogP contribution in [-0.4, -0.2) is 28.4 Å². The van der Waals surface area contributed by atoms with Gasteiger partial charge in [-0.2, -0.15) is 39.5 Å². The Hall–Kier alpha value is 0.1000. The summed E-state index contributed by atoms with van der Waals surface area (Å²) >= 11 is 1.22. The first-order valence-corrected chi connectivity index (χ1v) is 6.06. The normalized spacial score (nSPS) is 16.8. The van der Waals surface area contributed by atoms with E-state index in [9.17, 15) is 39.5 Å². The molecule has 0 nitrogen and oxygen atoms in total. The Morgan fingerprint density at radius 3 is 1.44 bits per heavy atom. The van der Waals surface area contributed by atoms with Gasteiger partial charge in [-0.25, -0.2) is 0 Å². The van der Waals surface area contributed by atoms with Gasteiger partial charge in [-0.05, 0) is 6.42 Å². The molecule has 0 aliphatic carbocycles. The van der Waals surface area contributed by atoms with Gasteiger partial charge in [0.2, 0.25) is 0 Å². The Kier molecular flexibility index (Phi) is 5.26. The second-order valence-corrected chi connectivity index (χ2v) is 4.41. The first kappa shape index (κ1) is 18.1. The van der Waals surface area contributed by atoms with Crippen molar-refractivity contribution in [3.63, 3.8) is 0 Å². The van der Waals surface area contributed by atoms with Crippen LogP contribution >= 0.6 is 22.6 Å². The van der Waals surface area contributed by atoms with Gasteiger partial charge in [0, 0.05) is 10.3 Å². The second kappa shape index (κ2) is 5.23. The SMILES string of the molecule is CCC(CI)C(F)(F)C(F)(F)C(F)(F)C(F)(F)F. The van der Waals surface area contributed by atoms with Crippen LogP contribution in [0.5, 0.6) is 0 Å². The van der Waals surface area contributed by atoms with Crippen molar-refractivity contribution in [2.45, 2.75) is 37.3 Å². The molecule has 18 heavy (non-hydrogen) atoms. The summed E-state index contributed by atoms with van der Waals surface area (Å²) in [6.45, 7) is 0.999. The molecule has 0 aromatic heterocycles. The minimum Gasteiger partial charge on any atom is -0.199 e. The van der Waals surface area contributed by atoms with Gasteiger partial charge in [-0.15, -0.1) is 0 Å². The molecule has 0 rings (SSSR count). The number of halogens is 10. The molecule has 1 unspecified atom stereocenters. The molecule has 0 amide bonds. The Bertz CT molecular complexity index is 279. The third kappa shape index (κ3) is 2.67. The fraction of sp³-hybridized carbons (Fsp3) is 1.00. The average Bonchev–Trinajstić information content (AvgIpc) is 2.16. The van der Waals surface area contributed by atoms with Crippen LogP contribution in [0.4, 0.5) is 39.5 Å². The molecule has 0 radical (unpaired) electrons. The van der Waals surface area contributed by atoms with Crippen molar-refractivity contribution in [2.24, 2.45) is 5.92 Å². The third-order valence-corrected chi connectivity index (χ3v) is 3.42. The van der Waals surface area contributed by atoms with Crippen LogP contribution < -0.4 is 0 Å². The van der Waals surface area contributed by atoms with Crippen LogP contribution in [0.3, 0.4) is 0 Å². The van der Waals surface area contributed by atoms with E-state index in [4.69, 9.17) is 0 Å². The zero-order valence-corrected chi connectivity index (χ0v) is 10.9. The Labute approximate surface area is 110 Å². The van der Waals surface area contributed by atoms with Gasteiger partial charge in [0.1, 0.15) is 0 Å². The van der Waals surface area contributed by atoms with E-state index >= 15 is 0 Å². The summed E-state index contributed by atoms with van der Waals surface area (Å²) in [5.74, 6) is -21.0.